The number of hydrogen-bond donors (Lipinski definition) is 0. The summed E-state index contributed by atoms with van der Waals surface area (Å²) in [5.74, 6) is 2.36. The Hall–Kier alpha value is -4.09. The second kappa shape index (κ2) is 15.8. The van der Waals surface area contributed by atoms with E-state index in [9.17, 15) is 15.4 Å². The maximum atomic E-state index is 13.0. The van der Waals surface area contributed by atoms with Crippen LogP contribution in [0.3, 0.4) is 0 Å². The van der Waals surface area contributed by atoms with Gasteiger partial charge in [-0.3, -0.25) is 10.1 Å². The Morgan fingerprint density at radius 3 is 1.93 bits per heavy atom. The fourth-order valence-corrected chi connectivity index (χ4v) is 5.03. The first kappa shape index (κ1) is 30.9. The van der Waals surface area contributed by atoms with Gasteiger partial charge >= 0.3 is 5.54 Å². The fraction of sp³-hybridized carbons (Fsp3) is 0.364. The summed E-state index contributed by atoms with van der Waals surface area (Å²) < 4.78 is 30.9. The van der Waals surface area contributed by atoms with Crippen molar-refractivity contribution in [2.24, 2.45) is 0 Å². The summed E-state index contributed by atoms with van der Waals surface area (Å²) in [6, 6.07) is 30.5. The second-order valence-electron chi connectivity index (χ2n) is 9.91. The summed E-state index contributed by atoms with van der Waals surface area (Å²) in [6.07, 6.45) is 0.786. The van der Waals surface area contributed by atoms with E-state index in [0.717, 1.165) is 16.7 Å². The van der Waals surface area contributed by atoms with Gasteiger partial charge in [0.1, 0.15) is 18.8 Å². The SMILES string of the molecule is C#CCOC1O[C@H](COCc2ccccc2)[C@@H](OCc2ccccc2)[C@H](OCc2ccccc2)C1(CCC#N)[N+](=O)[O-]. The molecule has 0 aliphatic carbocycles. The maximum Gasteiger partial charge on any atom is 0.301 e. The van der Waals surface area contributed by atoms with E-state index in [1.807, 2.05) is 97.1 Å². The van der Waals surface area contributed by atoms with Crippen LogP contribution in [0.1, 0.15) is 29.5 Å². The Labute approximate surface area is 246 Å². The highest BCUT2D eigenvalue weighted by molar-refractivity contribution is 5.16. The van der Waals surface area contributed by atoms with Crippen LogP contribution in [0.5, 0.6) is 0 Å². The molecule has 0 bridgehead atoms. The molecular formula is C33H34N2O7. The fourth-order valence-electron chi connectivity index (χ4n) is 5.03. The zero-order valence-corrected chi connectivity index (χ0v) is 23.2. The van der Waals surface area contributed by atoms with Crippen LogP contribution in [-0.2, 0) is 43.5 Å². The number of nitrogens with zero attached hydrogens (tertiary/aromatic N) is 2. The molecular weight excluding hydrogens is 536 g/mol. The molecule has 9 nitrogen and oxygen atoms in total. The third-order valence-electron chi connectivity index (χ3n) is 7.11. The first-order chi connectivity index (χ1) is 20.6. The predicted molar refractivity (Wildman–Crippen MR) is 154 cm³/mol. The van der Waals surface area contributed by atoms with E-state index in [1.54, 1.807) is 0 Å². The van der Waals surface area contributed by atoms with E-state index in [-0.39, 0.29) is 39.3 Å². The molecule has 2 unspecified atom stereocenters. The van der Waals surface area contributed by atoms with Crippen LogP contribution >= 0.6 is 0 Å². The lowest BCUT2D eigenvalue weighted by Crippen LogP contribution is -2.71. The largest absolute Gasteiger partial charge is 0.374 e. The highest BCUT2D eigenvalue weighted by Crippen LogP contribution is 2.41. The first-order valence-corrected chi connectivity index (χ1v) is 13.7. The lowest BCUT2D eigenvalue weighted by atomic mass is 9.79. The predicted octanol–water partition coefficient (Wildman–Crippen LogP) is 5.07. The van der Waals surface area contributed by atoms with Gasteiger partial charge < -0.3 is 23.7 Å². The molecule has 1 heterocycles. The van der Waals surface area contributed by atoms with Gasteiger partial charge in [-0.15, -0.1) is 6.42 Å². The van der Waals surface area contributed by atoms with Crippen LogP contribution in [0.15, 0.2) is 91.0 Å². The summed E-state index contributed by atoms with van der Waals surface area (Å²) >= 11 is 0. The molecule has 0 spiro atoms. The molecule has 1 fully saturated rings. The van der Waals surface area contributed by atoms with Crippen molar-refractivity contribution in [3.63, 3.8) is 0 Å². The van der Waals surface area contributed by atoms with Crippen molar-refractivity contribution in [3.05, 3.63) is 118 Å². The smallest absolute Gasteiger partial charge is 0.301 e. The molecule has 1 saturated heterocycles. The Balaban J connectivity index is 1.71. The van der Waals surface area contributed by atoms with Gasteiger partial charge in [0.15, 0.2) is 6.10 Å². The van der Waals surface area contributed by atoms with Crippen molar-refractivity contribution in [2.45, 2.75) is 62.8 Å². The molecule has 0 radical (unpaired) electrons. The minimum Gasteiger partial charge on any atom is -0.374 e. The van der Waals surface area contributed by atoms with E-state index in [0.29, 0.717) is 6.61 Å². The van der Waals surface area contributed by atoms with Gasteiger partial charge in [0.2, 0.25) is 6.29 Å². The molecule has 3 aromatic rings. The molecule has 5 atom stereocenters. The third-order valence-corrected chi connectivity index (χ3v) is 7.11. The quantitative estimate of drug-likeness (QED) is 0.141. The van der Waals surface area contributed by atoms with Crippen molar-refractivity contribution in [3.8, 4) is 18.4 Å². The lowest BCUT2D eigenvalue weighted by Gasteiger charge is -2.48. The van der Waals surface area contributed by atoms with Crippen LogP contribution in [0.25, 0.3) is 0 Å². The molecule has 4 rings (SSSR count). The minimum atomic E-state index is -1.99. The average Bonchev–Trinajstić information content (AvgIpc) is 3.02. The van der Waals surface area contributed by atoms with Crippen molar-refractivity contribution in [2.75, 3.05) is 13.2 Å². The van der Waals surface area contributed by atoms with Gasteiger partial charge in [-0.1, -0.05) is 96.9 Å². The van der Waals surface area contributed by atoms with Gasteiger partial charge in [0, 0.05) is 17.8 Å². The number of nitriles is 1. The topological polar surface area (TPSA) is 113 Å². The summed E-state index contributed by atoms with van der Waals surface area (Å²) in [5.41, 5.74) is 0.665. The number of rotatable bonds is 15. The van der Waals surface area contributed by atoms with Crippen molar-refractivity contribution < 1.29 is 28.6 Å². The Morgan fingerprint density at radius 2 is 1.40 bits per heavy atom. The molecule has 0 saturated carbocycles. The van der Waals surface area contributed by atoms with Gasteiger partial charge in [0.05, 0.1) is 32.5 Å². The van der Waals surface area contributed by atoms with Crippen LogP contribution in [-0.4, -0.2) is 48.3 Å². The zero-order valence-electron chi connectivity index (χ0n) is 23.2. The Bertz CT molecular complexity index is 1330. The van der Waals surface area contributed by atoms with E-state index < -0.39 is 35.1 Å². The van der Waals surface area contributed by atoms with Gasteiger partial charge in [-0.25, -0.2) is 0 Å². The number of hydrogen-bond acceptors (Lipinski definition) is 8. The maximum absolute atomic E-state index is 13.0. The number of terminal acetylenes is 1. The van der Waals surface area contributed by atoms with Crippen molar-refractivity contribution >= 4 is 0 Å². The highest BCUT2D eigenvalue weighted by Gasteiger charge is 2.67. The standard InChI is InChI=1S/C33H34N2O7/c1-2-21-39-32-33(35(36)37,19-12-20-34)31(41-24-28-17-10-5-11-18-28)30(40-23-27-15-8-4-9-16-27)29(42-32)25-38-22-26-13-6-3-7-14-26/h1,3-11,13-18,29-32H,12,19,21-25H2/t29-,30-,31+,32?,33?/m1/s1. The summed E-state index contributed by atoms with van der Waals surface area (Å²) in [4.78, 5) is 12.5. The highest BCUT2D eigenvalue weighted by atomic mass is 16.7. The van der Waals surface area contributed by atoms with E-state index in [4.69, 9.17) is 30.1 Å². The van der Waals surface area contributed by atoms with Crippen molar-refractivity contribution in [1.29, 1.82) is 5.26 Å². The Morgan fingerprint density at radius 1 is 0.857 bits per heavy atom. The van der Waals surface area contributed by atoms with Crippen molar-refractivity contribution in [1.82, 2.24) is 0 Å². The Kier molecular flexibility index (Phi) is 11.6. The molecule has 0 aromatic heterocycles. The number of benzene rings is 3. The monoisotopic (exact) mass is 570 g/mol. The van der Waals surface area contributed by atoms with Gasteiger partial charge in [-0.05, 0) is 16.7 Å². The van der Waals surface area contributed by atoms with E-state index >= 15 is 0 Å². The first-order valence-electron chi connectivity index (χ1n) is 13.7. The van der Waals surface area contributed by atoms with Gasteiger partial charge in [-0.2, -0.15) is 5.26 Å². The molecule has 1 aliphatic heterocycles. The summed E-state index contributed by atoms with van der Waals surface area (Å²) in [5, 5.41) is 22.5. The van der Waals surface area contributed by atoms with Crippen LogP contribution in [0, 0.1) is 33.8 Å². The molecule has 42 heavy (non-hydrogen) atoms. The molecule has 9 heteroatoms. The minimum absolute atomic E-state index is 0.0432. The molecule has 218 valence electrons. The third kappa shape index (κ3) is 7.80. The molecule has 0 N–H and O–H groups in total. The van der Waals surface area contributed by atoms with Crippen LogP contribution < -0.4 is 0 Å². The van der Waals surface area contributed by atoms with E-state index in [1.165, 1.54) is 0 Å². The molecule has 1 aliphatic rings. The average molecular weight is 571 g/mol. The lowest BCUT2D eigenvalue weighted by molar-refractivity contribution is -0.626. The molecule has 0 amide bonds. The summed E-state index contributed by atoms with van der Waals surface area (Å²) in [6.45, 7) is 0.328. The normalized spacial score (nSPS) is 23.5. The molecule has 3 aromatic carbocycles. The number of nitro groups is 1. The summed E-state index contributed by atoms with van der Waals surface area (Å²) in [7, 11) is 0. The van der Waals surface area contributed by atoms with E-state index in [2.05, 4.69) is 5.92 Å². The van der Waals surface area contributed by atoms with Crippen LogP contribution in [0.2, 0.25) is 0 Å². The van der Waals surface area contributed by atoms with Crippen LogP contribution in [0.4, 0.5) is 0 Å². The van der Waals surface area contributed by atoms with Gasteiger partial charge in [0.25, 0.3) is 0 Å². The second-order valence-corrected chi connectivity index (χ2v) is 9.91. The zero-order chi connectivity index (χ0) is 29.6. The number of ether oxygens (including phenoxy) is 5.